The molecular formula is C10H7F6NO3. The molecule has 4 nitrogen and oxygen atoms in total. The second-order valence-corrected chi connectivity index (χ2v) is 3.93. The molecule has 1 aromatic carbocycles. The van der Waals surface area contributed by atoms with Crippen LogP contribution in [0.4, 0.5) is 26.3 Å². The van der Waals surface area contributed by atoms with Crippen LogP contribution in [-0.2, 0) is 11.8 Å². The minimum absolute atomic E-state index is 0.0387. The lowest BCUT2D eigenvalue weighted by atomic mass is 9.91. The standard InChI is InChI=1S/C10H7F6NO3/c11-9(12,13)7-3-1-2-6(4-7)8(18,5-17(19)20)10(14,15)16/h1-4,18H,5H2/t8-/m0/s1. The van der Waals surface area contributed by atoms with Crippen LogP contribution >= 0.6 is 0 Å². The number of halogens is 6. The fourth-order valence-corrected chi connectivity index (χ4v) is 1.48. The number of benzene rings is 1. The van der Waals surface area contributed by atoms with Gasteiger partial charge in [0.15, 0.2) is 0 Å². The van der Waals surface area contributed by atoms with E-state index in [1.54, 1.807) is 0 Å². The number of nitro groups is 1. The number of hydrogen-bond acceptors (Lipinski definition) is 3. The smallest absolute Gasteiger partial charge is 0.371 e. The van der Waals surface area contributed by atoms with E-state index in [-0.39, 0.29) is 6.07 Å². The fraction of sp³-hybridized carbons (Fsp3) is 0.400. The Balaban J connectivity index is 3.40. The zero-order valence-corrected chi connectivity index (χ0v) is 9.50. The number of aliphatic hydroxyl groups is 1. The van der Waals surface area contributed by atoms with Crippen LogP contribution in [-0.4, -0.2) is 22.8 Å². The molecule has 1 N–H and O–H groups in total. The summed E-state index contributed by atoms with van der Waals surface area (Å²) in [6.45, 7) is -1.99. The van der Waals surface area contributed by atoms with Crippen molar-refractivity contribution in [2.75, 3.05) is 6.54 Å². The summed E-state index contributed by atoms with van der Waals surface area (Å²) in [7, 11) is 0. The van der Waals surface area contributed by atoms with E-state index in [0.717, 1.165) is 0 Å². The van der Waals surface area contributed by atoms with Gasteiger partial charge in [0, 0.05) is 10.5 Å². The van der Waals surface area contributed by atoms with E-state index in [9.17, 15) is 41.6 Å². The van der Waals surface area contributed by atoms with Crippen molar-refractivity contribution in [2.24, 2.45) is 0 Å². The Bertz CT molecular complexity index is 512. The normalized spacial score (nSPS) is 15.8. The summed E-state index contributed by atoms with van der Waals surface area (Å²) in [5.41, 5.74) is -6.67. The molecule has 1 atom stereocenters. The maximum Gasteiger partial charge on any atom is 0.428 e. The molecule has 0 aliphatic rings. The number of hydrogen-bond donors (Lipinski definition) is 1. The molecule has 112 valence electrons. The minimum Gasteiger partial charge on any atom is -0.371 e. The summed E-state index contributed by atoms with van der Waals surface area (Å²) in [5, 5.41) is 19.7. The van der Waals surface area contributed by atoms with Gasteiger partial charge >= 0.3 is 12.4 Å². The zero-order chi connectivity index (χ0) is 15.8. The van der Waals surface area contributed by atoms with Crippen LogP contribution in [0.3, 0.4) is 0 Å². The molecule has 0 saturated carbocycles. The second kappa shape index (κ2) is 4.93. The molecule has 0 radical (unpaired) electrons. The first-order valence-corrected chi connectivity index (χ1v) is 4.96. The summed E-state index contributed by atoms with van der Waals surface area (Å²) in [5.74, 6) is 0. The number of alkyl halides is 6. The van der Waals surface area contributed by atoms with Crippen molar-refractivity contribution in [2.45, 2.75) is 18.0 Å². The van der Waals surface area contributed by atoms with Gasteiger partial charge in [-0.3, -0.25) is 10.1 Å². The molecule has 1 rings (SSSR count). The third kappa shape index (κ3) is 3.18. The molecule has 0 aliphatic carbocycles. The summed E-state index contributed by atoms with van der Waals surface area (Å²) < 4.78 is 75.5. The van der Waals surface area contributed by atoms with Gasteiger partial charge in [-0.25, -0.2) is 0 Å². The van der Waals surface area contributed by atoms with Crippen LogP contribution in [0.2, 0.25) is 0 Å². The van der Waals surface area contributed by atoms with Gasteiger partial charge in [-0.2, -0.15) is 26.3 Å². The highest BCUT2D eigenvalue weighted by Gasteiger charge is 2.59. The first kappa shape index (κ1) is 16.2. The van der Waals surface area contributed by atoms with Crippen molar-refractivity contribution in [1.29, 1.82) is 0 Å². The van der Waals surface area contributed by atoms with Crippen molar-refractivity contribution in [3.05, 3.63) is 45.5 Å². The van der Waals surface area contributed by atoms with Crippen molar-refractivity contribution < 1.29 is 36.4 Å². The molecule has 0 aliphatic heterocycles. The molecule has 0 heterocycles. The highest BCUT2D eigenvalue weighted by molar-refractivity contribution is 5.31. The van der Waals surface area contributed by atoms with Crippen molar-refractivity contribution in [3.63, 3.8) is 0 Å². The first-order valence-electron chi connectivity index (χ1n) is 4.96. The van der Waals surface area contributed by atoms with E-state index < -0.39 is 40.5 Å². The molecule has 10 heteroatoms. The lowest BCUT2D eigenvalue weighted by Crippen LogP contribution is -2.47. The average molecular weight is 303 g/mol. The van der Waals surface area contributed by atoms with Crippen LogP contribution < -0.4 is 0 Å². The predicted octanol–water partition coefficient (Wildman–Crippen LogP) is 2.73. The second-order valence-electron chi connectivity index (χ2n) is 3.93. The van der Waals surface area contributed by atoms with Crippen LogP contribution in [0, 0.1) is 10.1 Å². The molecule has 1 aromatic rings. The van der Waals surface area contributed by atoms with Gasteiger partial charge in [-0.05, 0) is 12.1 Å². The molecule has 0 spiro atoms. The molecule has 0 aromatic heterocycles. The van der Waals surface area contributed by atoms with Crippen LogP contribution in [0.1, 0.15) is 11.1 Å². The van der Waals surface area contributed by atoms with Gasteiger partial charge in [0.25, 0.3) is 5.60 Å². The number of rotatable bonds is 3. The first-order chi connectivity index (χ1) is 8.88. The Morgan fingerprint density at radius 2 is 1.60 bits per heavy atom. The minimum atomic E-state index is -5.50. The third-order valence-corrected chi connectivity index (χ3v) is 2.49. The van der Waals surface area contributed by atoms with Gasteiger partial charge in [-0.1, -0.05) is 12.1 Å². The lowest BCUT2D eigenvalue weighted by Gasteiger charge is -2.27. The molecule has 0 bridgehead atoms. The number of nitrogens with zero attached hydrogens (tertiary/aromatic N) is 1. The van der Waals surface area contributed by atoms with E-state index in [1.165, 1.54) is 0 Å². The van der Waals surface area contributed by atoms with E-state index in [2.05, 4.69) is 0 Å². The maximum absolute atomic E-state index is 12.7. The van der Waals surface area contributed by atoms with E-state index >= 15 is 0 Å². The molecule has 0 amide bonds. The van der Waals surface area contributed by atoms with E-state index in [1.807, 2.05) is 0 Å². The van der Waals surface area contributed by atoms with Crippen molar-refractivity contribution in [1.82, 2.24) is 0 Å². The van der Waals surface area contributed by atoms with Crippen molar-refractivity contribution >= 4 is 0 Å². The molecular weight excluding hydrogens is 296 g/mol. The van der Waals surface area contributed by atoms with E-state index in [4.69, 9.17) is 0 Å². The molecule has 0 fully saturated rings. The van der Waals surface area contributed by atoms with Gasteiger partial charge < -0.3 is 5.11 Å². The SMILES string of the molecule is O=[N+]([O-])C[C@](O)(c1cccc(C(F)(F)F)c1)C(F)(F)F. The van der Waals surface area contributed by atoms with Crippen LogP contribution in [0.5, 0.6) is 0 Å². The van der Waals surface area contributed by atoms with Gasteiger partial charge in [0.2, 0.25) is 6.54 Å². The molecule has 20 heavy (non-hydrogen) atoms. The highest BCUT2D eigenvalue weighted by atomic mass is 19.4. The Morgan fingerprint density at radius 1 is 1.10 bits per heavy atom. The monoisotopic (exact) mass is 303 g/mol. The van der Waals surface area contributed by atoms with E-state index in [0.29, 0.717) is 18.2 Å². The largest absolute Gasteiger partial charge is 0.428 e. The van der Waals surface area contributed by atoms with Gasteiger partial charge in [-0.15, -0.1) is 0 Å². The lowest BCUT2D eigenvalue weighted by molar-refractivity contribution is -0.519. The summed E-state index contributed by atoms with van der Waals surface area (Å²) in [6.07, 6.45) is -10.4. The zero-order valence-electron chi connectivity index (χ0n) is 9.50. The predicted molar refractivity (Wildman–Crippen MR) is 53.3 cm³/mol. The van der Waals surface area contributed by atoms with Gasteiger partial charge in [0.1, 0.15) is 0 Å². The van der Waals surface area contributed by atoms with Gasteiger partial charge in [0.05, 0.1) is 5.56 Å². The Morgan fingerprint density at radius 3 is 2.00 bits per heavy atom. The fourth-order valence-electron chi connectivity index (χ4n) is 1.48. The van der Waals surface area contributed by atoms with Crippen LogP contribution in [0.15, 0.2) is 24.3 Å². The molecule has 0 saturated heterocycles. The van der Waals surface area contributed by atoms with Crippen molar-refractivity contribution in [3.8, 4) is 0 Å². The summed E-state index contributed by atoms with van der Waals surface area (Å²) in [4.78, 5) is 8.79. The topological polar surface area (TPSA) is 63.4 Å². The molecule has 0 unspecified atom stereocenters. The quantitative estimate of drug-likeness (QED) is 0.530. The average Bonchev–Trinajstić information content (AvgIpc) is 2.25. The highest BCUT2D eigenvalue weighted by Crippen LogP contribution is 2.41. The Labute approximate surface area is 107 Å². The summed E-state index contributed by atoms with van der Waals surface area (Å²) in [6, 6.07) is 1.71. The Kier molecular flexibility index (Phi) is 3.99. The summed E-state index contributed by atoms with van der Waals surface area (Å²) >= 11 is 0. The Hall–Kier alpha value is -1.84. The third-order valence-electron chi connectivity index (χ3n) is 2.49. The van der Waals surface area contributed by atoms with Crippen LogP contribution in [0.25, 0.3) is 0 Å². The maximum atomic E-state index is 12.7.